The largest absolute Gasteiger partial charge is 0.305 e. The fourth-order valence-electron chi connectivity index (χ4n) is 5.45. The second kappa shape index (κ2) is 11.0. The van der Waals surface area contributed by atoms with Crippen LogP contribution in [-0.4, -0.2) is 9.97 Å². The number of pyridine rings is 2. The first-order chi connectivity index (χ1) is 19.1. The number of hydrogen-bond acceptors (Lipinski definition) is 2. The zero-order valence-corrected chi connectivity index (χ0v) is 26.9. The molecule has 0 bridgehead atoms. The summed E-state index contributed by atoms with van der Waals surface area (Å²) in [6.45, 7) is 13.4. The number of aromatic nitrogens is 2. The van der Waals surface area contributed by atoms with Gasteiger partial charge in [-0.1, -0.05) is 89.4 Å². The summed E-state index contributed by atoms with van der Waals surface area (Å²) in [7, 11) is 0. The minimum atomic E-state index is 0. The van der Waals surface area contributed by atoms with Crippen molar-refractivity contribution in [2.45, 2.75) is 52.4 Å². The van der Waals surface area contributed by atoms with Gasteiger partial charge in [0.1, 0.15) is 0 Å². The fraction of sp³-hybridized carbons (Fsp3) is 0.211. The molecular formula is C38H34IrN2-2. The van der Waals surface area contributed by atoms with E-state index in [0.29, 0.717) is 0 Å². The maximum atomic E-state index is 4.60. The first-order valence-corrected chi connectivity index (χ1v) is 13.9. The maximum absolute atomic E-state index is 4.60. The van der Waals surface area contributed by atoms with Crippen LogP contribution in [0.2, 0.25) is 0 Å². The molecule has 0 fully saturated rings. The molecule has 7 rings (SSSR count). The Bertz CT molecular complexity index is 1830. The molecule has 3 heteroatoms. The van der Waals surface area contributed by atoms with Crippen LogP contribution >= 0.6 is 0 Å². The minimum absolute atomic E-state index is 0. The fourth-order valence-corrected chi connectivity index (χ4v) is 5.45. The minimum Gasteiger partial charge on any atom is -0.305 e. The van der Waals surface area contributed by atoms with E-state index < -0.39 is 0 Å². The summed E-state index contributed by atoms with van der Waals surface area (Å²) < 4.78 is 0. The standard InChI is InChI=1S/C19H10N.C19H24N.Ir/c1-4-12-9-10-13-5-2-7-16-18(13)17(12)14(6-1)15-8-3-11-20-19(15)16;1-18(2,3)15-9-7-8-14(12-15)17-13-16(10-11-20-17)19(4,5)6;/h1-6,8-11H;7,9-13H,1-6H3;/q2*-1;. The Hall–Kier alpha value is -3.65. The van der Waals surface area contributed by atoms with Crippen molar-refractivity contribution in [1.82, 2.24) is 9.97 Å². The van der Waals surface area contributed by atoms with Crippen LogP contribution in [0, 0.1) is 12.1 Å². The smallest absolute Gasteiger partial charge is 0.0163 e. The van der Waals surface area contributed by atoms with E-state index in [2.05, 4.69) is 130 Å². The van der Waals surface area contributed by atoms with Gasteiger partial charge >= 0.3 is 0 Å². The number of rotatable bonds is 1. The van der Waals surface area contributed by atoms with Crippen molar-refractivity contribution in [3.8, 4) is 11.3 Å². The quantitative estimate of drug-likeness (QED) is 0.0963. The van der Waals surface area contributed by atoms with Crippen molar-refractivity contribution in [2.75, 3.05) is 0 Å². The molecule has 7 aromatic rings. The van der Waals surface area contributed by atoms with E-state index in [1.165, 1.54) is 43.4 Å². The molecule has 0 spiro atoms. The summed E-state index contributed by atoms with van der Waals surface area (Å²) in [5.41, 5.74) is 6.02. The van der Waals surface area contributed by atoms with E-state index in [1.54, 1.807) is 0 Å². The van der Waals surface area contributed by atoms with Crippen LogP contribution < -0.4 is 0 Å². The van der Waals surface area contributed by atoms with Crippen molar-refractivity contribution in [3.63, 3.8) is 0 Å². The molecule has 1 radical (unpaired) electrons. The second-order valence-corrected chi connectivity index (χ2v) is 12.6. The van der Waals surface area contributed by atoms with E-state index in [9.17, 15) is 0 Å². The van der Waals surface area contributed by atoms with Gasteiger partial charge < -0.3 is 9.97 Å². The number of benzene rings is 5. The summed E-state index contributed by atoms with van der Waals surface area (Å²) in [5, 5.41) is 8.77. The molecule has 0 unspecified atom stereocenters. The second-order valence-electron chi connectivity index (χ2n) is 12.6. The summed E-state index contributed by atoms with van der Waals surface area (Å²) in [6, 6.07) is 36.5. The first-order valence-electron chi connectivity index (χ1n) is 13.9. The van der Waals surface area contributed by atoms with Crippen LogP contribution in [0.1, 0.15) is 52.7 Å². The molecule has 2 aromatic heterocycles. The zero-order valence-electron chi connectivity index (χ0n) is 24.5. The van der Waals surface area contributed by atoms with Gasteiger partial charge in [-0.15, -0.1) is 64.4 Å². The van der Waals surface area contributed by atoms with E-state index in [4.69, 9.17) is 0 Å². The van der Waals surface area contributed by atoms with Crippen molar-refractivity contribution in [2.24, 2.45) is 0 Å². The van der Waals surface area contributed by atoms with E-state index >= 15 is 0 Å². The summed E-state index contributed by atoms with van der Waals surface area (Å²) in [5.74, 6) is 0. The molecule has 0 atom stereocenters. The van der Waals surface area contributed by atoms with Crippen molar-refractivity contribution < 1.29 is 20.1 Å². The number of fused-ring (bicyclic) bond motifs is 3. The molecule has 0 amide bonds. The van der Waals surface area contributed by atoms with Crippen LogP contribution in [0.4, 0.5) is 0 Å². The Morgan fingerprint density at radius 2 is 1.27 bits per heavy atom. The van der Waals surface area contributed by atoms with Crippen LogP contribution in [0.25, 0.3) is 54.5 Å². The van der Waals surface area contributed by atoms with Crippen LogP contribution in [0.15, 0.2) is 97.3 Å². The van der Waals surface area contributed by atoms with Crippen LogP contribution in [-0.2, 0) is 30.9 Å². The predicted molar refractivity (Wildman–Crippen MR) is 170 cm³/mol. The molecule has 0 aliphatic carbocycles. The third-order valence-electron chi connectivity index (χ3n) is 7.72. The maximum Gasteiger partial charge on any atom is 0.0163 e. The predicted octanol–water partition coefficient (Wildman–Crippen LogP) is 10.1. The van der Waals surface area contributed by atoms with E-state index in [-0.39, 0.29) is 30.9 Å². The van der Waals surface area contributed by atoms with Gasteiger partial charge in [0.25, 0.3) is 0 Å². The molecule has 0 saturated carbocycles. The Morgan fingerprint density at radius 1 is 0.585 bits per heavy atom. The van der Waals surface area contributed by atoms with Crippen LogP contribution in [0.5, 0.6) is 0 Å². The van der Waals surface area contributed by atoms with Gasteiger partial charge in [0.15, 0.2) is 0 Å². The van der Waals surface area contributed by atoms with Gasteiger partial charge in [0.05, 0.1) is 0 Å². The van der Waals surface area contributed by atoms with E-state index in [1.807, 2.05) is 30.6 Å². The Kier molecular flexibility index (Phi) is 7.72. The summed E-state index contributed by atoms with van der Waals surface area (Å²) >= 11 is 0. The van der Waals surface area contributed by atoms with E-state index in [0.717, 1.165) is 22.2 Å². The summed E-state index contributed by atoms with van der Waals surface area (Å²) in [6.07, 6.45) is 3.76. The monoisotopic (exact) mass is 711 g/mol. The van der Waals surface area contributed by atoms with Gasteiger partial charge in [-0.05, 0) is 61.3 Å². The van der Waals surface area contributed by atoms with Crippen LogP contribution in [0.3, 0.4) is 0 Å². The zero-order chi connectivity index (χ0) is 28.1. The number of nitrogens with zero attached hydrogens (tertiary/aromatic N) is 2. The molecule has 2 nitrogen and oxygen atoms in total. The molecule has 41 heavy (non-hydrogen) atoms. The average Bonchev–Trinajstić information content (AvgIpc) is 2.96. The normalized spacial score (nSPS) is 12.0. The molecule has 0 N–H and O–H groups in total. The van der Waals surface area contributed by atoms with Gasteiger partial charge in [-0.3, -0.25) is 0 Å². The Labute approximate surface area is 256 Å². The molecule has 2 heterocycles. The first kappa shape index (κ1) is 28.9. The summed E-state index contributed by atoms with van der Waals surface area (Å²) in [4.78, 5) is 9.11. The SMILES string of the molecule is CC(C)(C)c1cc[c-]c(-c2cc(C(C)(C)C)ccn2)c1.[Ir].[c-]1ccc2ccc3cccc4c5cccnc5c1c2c34. The van der Waals surface area contributed by atoms with Gasteiger partial charge in [0.2, 0.25) is 0 Å². The van der Waals surface area contributed by atoms with Gasteiger partial charge in [-0.2, -0.15) is 0 Å². The molecular weight excluding hydrogens is 677 g/mol. The third kappa shape index (κ3) is 5.49. The topological polar surface area (TPSA) is 25.8 Å². The van der Waals surface area contributed by atoms with Crippen molar-refractivity contribution in [1.29, 1.82) is 0 Å². The van der Waals surface area contributed by atoms with Crippen molar-refractivity contribution >= 4 is 43.2 Å². The molecule has 0 saturated heterocycles. The average molecular weight is 711 g/mol. The molecule has 0 aliphatic heterocycles. The number of hydrogen-bond donors (Lipinski definition) is 0. The molecule has 5 aromatic carbocycles. The van der Waals surface area contributed by atoms with Crippen molar-refractivity contribution in [3.05, 3.63) is 121 Å². The van der Waals surface area contributed by atoms with Gasteiger partial charge in [-0.25, -0.2) is 0 Å². The molecule has 0 aliphatic rings. The molecule has 207 valence electrons. The Morgan fingerprint density at radius 3 is 2.02 bits per heavy atom. The Balaban J connectivity index is 0.000000161. The van der Waals surface area contributed by atoms with Gasteiger partial charge in [0, 0.05) is 32.5 Å². The third-order valence-corrected chi connectivity index (χ3v) is 7.72.